The van der Waals surface area contributed by atoms with Crippen LogP contribution in [0.25, 0.3) is 0 Å². The van der Waals surface area contributed by atoms with E-state index in [0.29, 0.717) is 25.0 Å². The molecule has 0 amide bonds. The molecule has 0 N–H and O–H groups in total. The molecular formula is C28H46O9. The van der Waals surface area contributed by atoms with E-state index in [1.165, 1.54) is 12.8 Å². The van der Waals surface area contributed by atoms with Crippen molar-refractivity contribution in [2.45, 2.75) is 126 Å². The van der Waals surface area contributed by atoms with Crippen LogP contribution in [-0.2, 0) is 43.2 Å². The Balaban J connectivity index is 1.07. The Morgan fingerprint density at radius 1 is 0.622 bits per heavy atom. The number of hydrogen-bond donors (Lipinski definition) is 0. The fraction of sp³-hybridized carbons (Fsp3) is 1.00. The lowest BCUT2D eigenvalue weighted by atomic mass is 9.65. The monoisotopic (exact) mass is 526 g/mol. The first-order valence-electron chi connectivity index (χ1n) is 14.6. The molecule has 0 aromatic carbocycles. The molecule has 9 heteroatoms. The molecule has 9 nitrogen and oxygen atoms in total. The fourth-order valence-corrected chi connectivity index (χ4v) is 8.48. The Bertz CT molecular complexity index is 749. The van der Waals surface area contributed by atoms with Gasteiger partial charge in [0.15, 0.2) is 23.8 Å². The highest BCUT2D eigenvalue weighted by atomic mass is 17.3. The molecule has 2 aliphatic carbocycles. The summed E-state index contributed by atoms with van der Waals surface area (Å²) in [4.78, 5) is 24.2. The molecule has 0 unspecified atom stereocenters. The van der Waals surface area contributed by atoms with E-state index in [-0.39, 0.29) is 11.8 Å². The lowest BCUT2D eigenvalue weighted by molar-refractivity contribution is -0.555. The summed E-state index contributed by atoms with van der Waals surface area (Å²) in [5.41, 5.74) is -1.13. The quantitative estimate of drug-likeness (QED) is 0.320. The number of ether oxygens (including phenoxy) is 5. The molecule has 10 atom stereocenters. The van der Waals surface area contributed by atoms with Crippen LogP contribution in [0.4, 0.5) is 0 Å². The van der Waals surface area contributed by atoms with Gasteiger partial charge in [0.05, 0.1) is 0 Å². The summed E-state index contributed by atoms with van der Waals surface area (Å²) in [6.45, 7) is 5.23. The first-order chi connectivity index (χ1) is 17.9. The van der Waals surface area contributed by atoms with Gasteiger partial charge in [-0.15, -0.1) is 0 Å². The highest BCUT2D eigenvalue weighted by molar-refractivity contribution is 5.05. The average molecular weight is 527 g/mol. The van der Waals surface area contributed by atoms with E-state index in [0.717, 1.165) is 64.2 Å². The maximum Gasteiger partial charge on any atom is 0.201 e. The smallest absolute Gasteiger partial charge is 0.201 e. The largest absolute Gasteiger partial charge is 0.381 e. The van der Waals surface area contributed by atoms with Crippen molar-refractivity contribution in [3.05, 3.63) is 0 Å². The second kappa shape index (κ2) is 10.2. The summed E-state index contributed by atoms with van der Waals surface area (Å²) in [7, 11) is 3.43. The van der Waals surface area contributed by atoms with Crippen molar-refractivity contribution in [3.63, 3.8) is 0 Å². The minimum Gasteiger partial charge on any atom is -0.381 e. The van der Waals surface area contributed by atoms with Crippen LogP contribution in [-0.4, -0.2) is 62.8 Å². The maximum absolute atomic E-state index is 6.30. The molecule has 0 radical (unpaired) electrons. The highest BCUT2D eigenvalue weighted by Gasteiger charge is 2.65. The number of fused-ring (bicyclic) bond motifs is 6. The first-order valence-corrected chi connectivity index (χ1v) is 14.6. The summed E-state index contributed by atoms with van der Waals surface area (Å²) in [5, 5.41) is 0. The van der Waals surface area contributed by atoms with Crippen LogP contribution in [0, 0.1) is 23.7 Å². The molecular weight excluding hydrogens is 480 g/mol. The van der Waals surface area contributed by atoms with Gasteiger partial charge in [-0.25, -0.2) is 19.6 Å². The van der Waals surface area contributed by atoms with Gasteiger partial charge in [0.2, 0.25) is 11.6 Å². The normalized spacial score (nSPS) is 51.2. The topological polar surface area (TPSA) is 83.1 Å². The molecule has 37 heavy (non-hydrogen) atoms. The van der Waals surface area contributed by atoms with Crippen LogP contribution < -0.4 is 0 Å². The van der Waals surface area contributed by atoms with Crippen molar-refractivity contribution in [2.75, 3.05) is 27.4 Å². The predicted molar refractivity (Wildman–Crippen MR) is 131 cm³/mol. The lowest BCUT2D eigenvalue weighted by Gasteiger charge is -2.53. The minimum atomic E-state index is -0.730. The summed E-state index contributed by atoms with van der Waals surface area (Å²) < 4.78 is 30.6. The van der Waals surface area contributed by atoms with Crippen LogP contribution in [0.15, 0.2) is 0 Å². The SMILES string of the molecule is CO[C@H]1O[C@]2(C)CC[C@H]3CCC[C@@H](CCOCC[C@@H]4CCC[C@@H]5CC[C@]6(C)OO[C@]54[C@@H](OC)O6)[C@]31OO2. The molecule has 6 saturated heterocycles. The predicted octanol–water partition coefficient (Wildman–Crippen LogP) is 5.02. The van der Waals surface area contributed by atoms with E-state index in [9.17, 15) is 0 Å². The summed E-state index contributed by atoms with van der Waals surface area (Å²) in [5.74, 6) is -0.199. The zero-order chi connectivity index (χ0) is 25.7. The summed E-state index contributed by atoms with van der Waals surface area (Å²) in [6, 6.07) is 0. The first kappa shape index (κ1) is 26.8. The number of hydrogen-bond acceptors (Lipinski definition) is 9. The van der Waals surface area contributed by atoms with Crippen LogP contribution in [0.5, 0.6) is 0 Å². The summed E-state index contributed by atoms with van der Waals surface area (Å²) >= 11 is 0. The van der Waals surface area contributed by atoms with E-state index >= 15 is 0 Å². The fourth-order valence-electron chi connectivity index (χ4n) is 8.48. The van der Waals surface area contributed by atoms with Crippen LogP contribution in [0.1, 0.15) is 90.9 Å². The summed E-state index contributed by atoms with van der Waals surface area (Å²) in [6.07, 6.45) is 11.4. The van der Waals surface area contributed by atoms with Gasteiger partial charge in [0.25, 0.3) is 0 Å². The van der Waals surface area contributed by atoms with Crippen LogP contribution >= 0.6 is 0 Å². The lowest BCUT2D eigenvalue weighted by Crippen LogP contribution is -2.63. The third kappa shape index (κ3) is 4.41. The molecule has 6 aliphatic heterocycles. The van der Waals surface area contributed by atoms with Crippen molar-refractivity contribution in [3.8, 4) is 0 Å². The van der Waals surface area contributed by atoms with Gasteiger partial charge in [-0.05, 0) is 88.9 Å². The highest BCUT2D eigenvalue weighted by Crippen LogP contribution is 2.56. The number of rotatable bonds is 8. The molecule has 6 heterocycles. The van der Waals surface area contributed by atoms with Gasteiger partial charge in [0, 0.05) is 40.3 Å². The molecule has 0 aromatic heterocycles. The molecule has 8 aliphatic rings. The van der Waals surface area contributed by atoms with Gasteiger partial charge in [-0.3, -0.25) is 0 Å². The van der Waals surface area contributed by atoms with E-state index in [1.807, 2.05) is 13.8 Å². The van der Waals surface area contributed by atoms with Crippen molar-refractivity contribution >= 4 is 0 Å². The molecule has 8 fully saturated rings. The Morgan fingerprint density at radius 3 is 1.51 bits per heavy atom. The Labute approximate surface area is 220 Å². The van der Waals surface area contributed by atoms with E-state index in [4.69, 9.17) is 43.2 Å². The Kier molecular flexibility index (Phi) is 7.43. The van der Waals surface area contributed by atoms with Gasteiger partial charge < -0.3 is 23.7 Å². The van der Waals surface area contributed by atoms with Crippen LogP contribution in [0.2, 0.25) is 0 Å². The zero-order valence-electron chi connectivity index (χ0n) is 23.0. The van der Waals surface area contributed by atoms with E-state index in [2.05, 4.69) is 0 Å². The average Bonchev–Trinajstić information content (AvgIpc) is 3.28. The van der Waals surface area contributed by atoms with Crippen LogP contribution in [0.3, 0.4) is 0 Å². The second-order valence-corrected chi connectivity index (χ2v) is 12.6. The minimum absolute atomic E-state index is 0.261. The number of methoxy groups -OCH3 is 2. The Morgan fingerprint density at radius 2 is 1.08 bits per heavy atom. The molecule has 2 saturated carbocycles. The molecule has 4 bridgehead atoms. The van der Waals surface area contributed by atoms with E-state index in [1.54, 1.807) is 14.2 Å². The molecule has 2 spiro atoms. The maximum atomic E-state index is 6.30. The standard InChI is InChI=1S/C28H46O9/c1-25-15-11-19-7-5-9-21(27(19,36-34-25)23(29-3)32-25)13-17-31-18-14-22-10-6-8-20-12-16-26(2)33-24(30-4)28(20,22)37-35-26/h19-24H,5-18H2,1-4H3/t19-,20-,21+,22+,23+,24+,25+,26+,27-,28-/m1/s1. The third-order valence-corrected chi connectivity index (χ3v) is 10.5. The zero-order valence-corrected chi connectivity index (χ0v) is 23.0. The van der Waals surface area contributed by atoms with Crippen molar-refractivity contribution in [2.24, 2.45) is 23.7 Å². The van der Waals surface area contributed by atoms with Gasteiger partial charge in [-0.2, -0.15) is 0 Å². The van der Waals surface area contributed by atoms with E-state index < -0.39 is 35.4 Å². The third-order valence-electron chi connectivity index (χ3n) is 10.5. The van der Waals surface area contributed by atoms with Gasteiger partial charge in [0.1, 0.15) is 0 Å². The van der Waals surface area contributed by atoms with Crippen molar-refractivity contribution in [1.29, 1.82) is 0 Å². The molecule has 0 aromatic rings. The second-order valence-electron chi connectivity index (χ2n) is 12.6. The molecule has 8 rings (SSSR count). The van der Waals surface area contributed by atoms with Gasteiger partial charge in [-0.1, -0.05) is 12.8 Å². The van der Waals surface area contributed by atoms with Crippen molar-refractivity contribution in [1.82, 2.24) is 0 Å². The van der Waals surface area contributed by atoms with Crippen molar-refractivity contribution < 1.29 is 43.2 Å². The molecule has 212 valence electrons. The Hall–Kier alpha value is -0.360. The van der Waals surface area contributed by atoms with Gasteiger partial charge >= 0.3 is 0 Å².